The number of nitrogens with zero attached hydrogens (tertiary/aromatic N) is 5. The van der Waals surface area contributed by atoms with E-state index in [1.54, 1.807) is 41.3 Å². The minimum absolute atomic E-state index is 0.0256. The Balaban J connectivity index is 1.31. The van der Waals surface area contributed by atoms with Gasteiger partial charge in [0.15, 0.2) is 0 Å². The van der Waals surface area contributed by atoms with Crippen molar-refractivity contribution >= 4 is 23.3 Å². The van der Waals surface area contributed by atoms with Gasteiger partial charge in [-0.25, -0.2) is 9.78 Å². The van der Waals surface area contributed by atoms with Crippen molar-refractivity contribution in [2.75, 3.05) is 38.2 Å². The predicted octanol–water partition coefficient (Wildman–Crippen LogP) is 1.53. The summed E-state index contributed by atoms with van der Waals surface area (Å²) in [6.45, 7) is 1.58. The van der Waals surface area contributed by atoms with Crippen LogP contribution in [0.3, 0.4) is 0 Å². The molecule has 0 saturated carbocycles. The lowest BCUT2D eigenvalue weighted by atomic mass is 10.1. The molecule has 164 valence electrons. The first kappa shape index (κ1) is 20.0. The molecule has 2 aliphatic rings. The van der Waals surface area contributed by atoms with Crippen LogP contribution >= 0.6 is 0 Å². The number of ether oxygens (including phenoxy) is 1. The van der Waals surface area contributed by atoms with Gasteiger partial charge in [-0.3, -0.25) is 18.9 Å². The first-order valence-corrected chi connectivity index (χ1v) is 10.5. The van der Waals surface area contributed by atoms with Crippen molar-refractivity contribution in [3.63, 3.8) is 0 Å². The van der Waals surface area contributed by atoms with Gasteiger partial charge in [0.05, 0.1) is 30.6 Å². The molecule has 2 aromatic heterocycles. The van der Waals surface area contributed by atoms with Crippen LogP contribution < -0.4 is 15.2 Å². The van der Waals surface area contributed by atoms with E-state index in [0.717, 1.165) is 5.69 Å². The highest BCUT2D eigenvalue weighted by molar-refractivity contribution is 5.97. The van der Waals surface area contributed by atoms with E-state index in [4.69, 9.17) is 4.74 Å². The van der Waals surface area contributed by atoms with E-state index in [9.17, 15) is 14.4 Å². The molecule has 4 heterocycles. The van der Waals surface area contributed by atoms with E-state index in [0.29, 0.717) is 48.7 Å². The second-order valence-electron chi connectivity index (χ2n) is 7.86. The number of benzene rings is 1. The predicted molar refractivity (Wildman–Crippen MR) is 118 cm³/mol. The fourth-order valence-electron chi connectivity index (χ4n) is 4.33. The molecule has 0 atom stereocenters. The van der Waals surface area contributed by atoms with E-state index in [2.05, 4.69) is 4.98 Å². The molecular weight excluding hydrogens is 410 g/mol. The molecule has 0 spiro atoms. The maximum absolute atomic E-state index is 13.0. The summed E-state index contributed by atoms with van der Waals surface area (Å²) in [6.07, 6.45) is 2.20. The number of aromatic nitrogens is 2. The zero-order valence-electron chi connectivity index (χ0n) is 17.7. The van der Waals surface area contributed by atoms with E-state index in [1.165, 1.54) is 9.30 Å². The first-order chi connectivity index (χ1) is 15.6. The van der Waals surface area contributed by atoms with E-state index < -0.39 is 0 Å². The second kappa shape index (κ2) is 7.99. The van der Waals surface area contributed by atoms with Crippen LogP contribution in [0.15, 0.2) is 53.5 Å². The number of pyridine rings is 1. The third-order valence-electron chi connectivity index (χ3n) is 6.03. The summed E-state index contributed by atoms with van der Waals surface area (Å²) in [7, 11) is 1.56. The molecule has 0 aliphatic carbocycles. The number of fused-ring (bicyclic) bond motifs is 2. The van der Waals surface area contributed by atoms with Crippen molar-refractivity contribution in [1.29, 1.82) is 0 Å². The van der Waals surface area contributed by atoms with Crippen molar-refractivity contribution in [2.45, 2.75) is 13.0 Å². The lowest BCUT2D eigenvalue weighted by Gasteiger charge is -2.29. The van der Waals surface area contributed by atoms with Crippen molar-refractivity contribution in [1.82, 2.24) is 19.2 Å². The van der Waals surface area contributed by atoms with Crippen LogP contribution in [0.1, 0.15) is 11.3 Å². The molecule has 0 unspecified atom stereocenters. The second-order valence-corrected chi connectivity index (χ2v) is 7.86. The van der Waals surface area contributed by atoms with E-state index >= 15 is 0 Å². The Bertz CT molecular complexity index is 1270. The van der Waals surface area contributed by atoms with Gasteiger partial charge >= 0.3 is 6.03 Å². The largest absolute Gasteiger partial charge is 0.495 e. The molecule has 5 rings (SSSR count). The number of amides is 3. The Morgan fingerprint density at radius 2 is 1.88 bits per heavy atom. The third kappa shape index (κ3) is 3.35. The maximum Gasteiger partial charge on any atom is 0.325 e. The smallest absolute Gasteiger partial charge is 0.325 e. The Morgan fingerprint density at radius 1 is 1.06 bits per heavy atom. The summed E-state index contributed by atoms with van der Waals surface area (Å²) in [5, 5.41) is 0. The minimum Gasteiger partial charge on any atom is -0.495 e. The van der Waals surface area contributed by atoms with Gasteiger partial charge in [0, 0.05) is 32.3 Å². The zero-order valence-corrected chi connectivity index (χ0v) is 17.7. The highest BCUT2D eigenvalue weighted by atomic mass is 16.5. The molecule has 0 bridgehead atoms. The lowest BCUT2D eigenvalue weighted by molar-refractivity contribution is -0.132. The molecule has 2 aliphatic heterocycles. The number of hydrogen-bond donors (Lipinski definition) is 0. The van der Waals surface area contributed by atoms with Crippen molar-refractivity contribution in [3.05, 3.63) is 70.3 Å². The Morgan fingerprint density at radius 3 is 2.72 bits per heavy atom. The summed E-state index contributed by atoms with van der Waals surface area (Å²) in [4.78, 5) is 48.3. The first-order valence-electron chi connectivity index (χ1n) is 10.5. The Hall–Kier alpha value is -3.88. The molecule has 32 heavy (non-hydrogen) atoms. The third-order valence-corrected chi connectivity index (χ3v) is 6.03. The van der Waals surface area contributed by atoms with Crippen LogP contribution in [0, 0.1) is 0 Å². The monoisotopic (exact) mass is 433 g/mol. The van der Waals surface area contributed by atoms with Crippen LogP contribution in [0.25, 0.3) is 5.65 Å². The quantitative estimate of drug-likeness (QED) is 0.623. The molecule has 3 aromatic rings. The summed E-state index contributed by atoms with van der Waals surface area (Å²) in [5.74, 6) is 0.435. The molecule has 9 heteroatoms. The zero-order chi connectivity index (χ0) is 22.2. The highest BCUT2D eigenvalue weighted by Gasteiger charge is 2.34. The lowest BCUT2D eigenvalue weighted by Crippen LogP contribution is -2.45. The summed E-state index contributed by atoms with van der Waals surface area (Å²) < 4.78 is 6.87. The van der Waals surface area contributed by atoms with Crippen LogP contribution in [0.5, 0.6) is 5.75 Å². The van der Waals surface area contributed by atoms with Gasteiger partial charge < -0.3 is 14.5 Å². The van der Waals surface area contributed by atoms with Crippen molar-refractivity contribution in [3.8, 4) is 5.75 Å². The molecule has 9 nitrogen and oxygen atoms in total. The topological polar surface area (TPSA) is 87.5 Å². The van der Waals surface area contributed by atoms with Crippen LogP contribution in [-0.4, -0.2) is 64.4 Å². The number of methoxy groups -OCH3 is 1. The molecule has 0 radical (unpaired) electrons. The van der Waals surface area contributed by atoms with E-state index in [-0.39, 0.29) is 30.6 Å². The fraction of sp³-hybridized carbons (Fsp3) is 0.304. The van der Waals surface area contributed by atoms with Crippen LogP contribution in [0.2, 0.25) is 0 Å². The molecule has 3 amide bonds. The molecule has 0 N–H and O–H groups in total. The molecular formula is C23H23N5O4. The standard InChI is InChI=1S/C23H23N5O4/c1-32-19-7-3-2-6-18(19)27-13-12-26(23(27)31)15-21(29)25-11-9-17-16(14-25)22(30)28-10-5-4-8-20(28)24-17/h2-8,10H,9,11-15H2,1H3. The van der Waals surface area contributed by atoms with Crippen molar-refractivity contribution in [2.24, 2.45) is 0 Å². The van der Waals surface area contributed by atoms with Crippen molar-refractivity contribution < 1.29 is 14.3 Å². The fourth-order valence-corrected chi connectivity index (χ4v) is 4.33. The number of anilines is 1. The van der Waals surface area contributed by atoms with E-state index in [1.807, 2.05) is 24.3 Å². The van der Waals surface area contributed by atoms with Crippen LogP contribution in [-0.2, 0) is 17.8 Å². The van der Waals surface area contributed by atoms with Gasteiger partial charge in [-0.15, -0.1) is 0 Å². The number of urea groups is 1. The van der Waals surface area contributed by atoms with Gasteiger partial charge in [0.1, 0.15) is 17.9 Å². The summed E-state index contributed by atoms with van der Waals surface area (Å²) in [5.41, 5.74) is 2.42. The summed E-state index contributed by atoms with van der Waals surface area (Å²) >= 11 is 0. The number of para-hydroxylation sites is 2. The maximum atomic E-state index is 13.0. The number of rotatable bonds is 4. The molecule has 1 aromatic carbocycles. The van der Waals surface area contributed by atoms with Gasteiger partial charge in [-0.2, -0.15) is 0 Å². The normalized spacial score (nSPS) is 15.9. The van der Waals surface area contributed by atoms with Crippen LogP contribution in [0.4, 0.5) is 10.5 Å². The average molecular weight is 433 g/mol. The Labute approximate surface area is 184 Å². The number of hydrogen-bond acceptors (Lipinski definition) is 5. The number of carbonyl (C=O) groups is 2. The van der Waals surface area contributed by atoms with Gasteiger partial charge in [0.25, 0.3) is 5.56 Å². The average Bonchev–Trinajstić information content (AvgIpc) is 3.18. The SMILES string of the molecule is COc1ccccc1N1CCN(CC(=O)N2CCc3nc4ccccn4c(=O)c3C2)C1=O. The Kier molecular flexibility index (Phi) is 5.01. The van der Waals surface area contributed by atoms with Gasteiger partial charge in [0.2, 0.25) is 5.91 Å². The molecule has 1 saturated heterocycles. The van der Waals surface area contributed by atoms with Gasteiger partial charge in [-0.1, -0.05) is 18.2 Å². The van der Waals surface area contributed by atoms with Gasteiger partial charge in [-0.05, 0) is 24.3 Å². The molecule has 1 fully saturated rings. The minimum atomic E-state index is -0.229. The summed E-state index contributed by atoms with van der Waals surface area (Å²) in [6, 6.07) is 12.5. The number of carbonyl (C=O) groups excluding carboxylic acids is 2. The highest BCUT2D eigenvalue weighted by Crippen LogP contribution is 2.30.